The molecule has 2 amide bonds. The lowest BCUT2D eigenvalue weighted by atomic mass is 10.0. The zero-order valence-electron chi connectivity index (χ0n) is 18.2. The second-order valence-electron chi connectivity index (χ2n) is 7.25. The van der Waals surface area contributed by atoms with E-state index in [1.54, 1.807) is 18.3 Å². The first-order valence-electron chi connectivity index (χ1n) is 10.1. The molecule has 1 unspecified atom stereocenters. The molecule has 188 valence electrons. The molecular weight excluding hydrogens is 532 g/mol. The van der Waals surface area contributed by atoms with E-state index >= 15 is 0 Å². The predicted molar refractivity (Wildman–Crippen MR) is 131 cm³/mol. The van der Waals surface area contributed by atoms with Gasteiger partial charge in [0.1, 0.15) is 22.8 Å². The standard InChI is InChI=1S/C20H18N6O7S3/c21-20-23-10(8-36-20)13(25-33-5-12(27)28)16(29)24-14-17(30)26-15(19(31)32)9(7-35-18(14)26)6-34-11-3-1-2-4-22-11/h1-4,8,14,18H,5-7H2,(H2,21,23)(H,24,29)(H,27,28)(H,31,32)/t14?,18-/m1/s1. The first-order valence-corrected chi connectivity index (χ1v) is 13.1. The molecule has 0 bridgehead atoms. The highest BCUT2D eigenvalue weighted by atomic mass is 32.2. The van der Waals surface area contributed by atoms with E-state index in [9.17, 15) is 24.3 Å². The number of nitrogens with two attached hydrogens (primary N) is 1. The molecule has 4 heterocycles. The SMILES string of the molecule is Nc1nc(C(=NOCC(=O)O)C(=O)NC2C(=O)N3C(C(=O)O)=C(CSc4ccccn4)CS[C@H]23)cs1. The number of carbonyl (C=O) groups excluding carboxylic acids is 2. The van der Waals surface area contributed by atoms with E-state index in [-0.39, 0.29) is 22.2 Å². The van der Waals surface area contributed by atoms with Gasteiger partial charge >= 0.3 is 11.9 Å². The van der Waals surface area contributed by atoms with Crippen molar-refractivity contribution < 1.29 is 34.2 Å². The monoisotopic (exact) mass is 550 g/mol. The largest absolute Gasteiger partial charge is 0.479 e. The first-order chi connectivity index (χ1) is 17.3. The number of aromatic nitrogens is 2. The number of hydrogen-bond donors (Lipinski definition) is 4. The maximum absolute atomic E-state index is 12.9. The van der Waals surface area contributed by atoms with Crippen LogP contribution in [0.5, 0.6) is 0 Å². The Hall–Kier alpha value is -3.63. The van der Waals surface area contributed by atoms with Crippen LogP contribution >= 0.6 is 34.9 Å². The van der Waals surface area contributed by atoms with Crippen LogP contribution in [0.25, 0.3) is 0 Å². The molecule has 13 nitrogen and oxygen atoms in total. The molecule has 0 spiro atoms. The maximum atomic E-state index is 12.9. The number of fused-ring (bicyclic) bond motifs is 1. The second-order valence-corrected chi connectivity index (χ2v) is 10.2. The van der Waals surface area contributed by atoms with Gasteiger partial charge in [0.05, 0.1) is 5.03 Å². The predicted octanol–water partition coefficient (Wildman–Crippen LogP) is 0.457. The normalized spacial score (nSPS) is 19.4. The summed E-state index contributed by atoms with van der Waals surface area (Å²) >= 11 is 3.71. The third kappa shape index (κ3) is 5.44. The van der Waals surface area contributed by atoms with E-state index in [2.05, 4.69) is 20.4 Å². The number of carbonyl (C=O) groups is 4. The second kappa shape index (κ2) is 11.0. The van der Waals surface area contributed by atoms with Crippen LogP contribution < -0.4 is 11.1 Å². The van der Waals surface area contributed by atoms with E-state index in [0.717, 1.165) is 21.3 Å². The summed E-state index contributed by atoms with van der Waals surface area (Å²) < 4.78 is 0. The summed E-state index contributed by atoms with van der Waals surface area (Å²) in [6.07, 6.45) is 1.64. The minimum absolute atomic E-state index is 0.0419. The van der Waals surface area contributed by atoms with Crippen LogP contribution in [0.15, 0.2) is 51.2 Å². The van der Waals surface area contributed by atoms with Crippen LogP contribution in [-0.2, 0) is 24.0 Å². The lowest BCUT2D eigenvalue weighted by Gasteiger charge is -2.49. The van der Waals surface area contributed by atoms with Crippen LogP contribution in [-0.4, -0.2) is 84.1 Å². The number of aliphatic carboxylic acids is 2. The molecule has 0 radical (unpaired) electrons. The summed E-state index contributed by atoms with van der Waals surface area (Å²) in [7, 11) is 0. The molecule has 2 atom stereocenters. The highest BCUT2D eigenvalue weighted by molar-refractivity contribution is 8.01. The van der Waals surface area contributed by atoms with Gasteiger partial charge in [-0.15, -0.1) is 34.9 Å². The molecular formula is C20H18N6O7S3. The fourth-order valence-corrected chi connectivity index (χ4v) is 6.24. The van der Waals surface area contributed by atoms with Crippen molar-refractivity contribution in [2.45, 2.75) is 16.4 Å². The number of hydrogen-bond acceptors (Lipinski definition) is 12. The number of β-lactam (4-membered cyclic amide) rings is 1. The number of nitrogen functional groups attached to an aromatic ring is 1. The van der Waals surface area contributed by atoms with E-state index in [0.29, 0.717) is 17.1 Å². The molecule has 36 heavy (non-hydrogen) atoms. The van der Waals surface area contributed by atoms with Gasteiger partial charge in [-0.2, -0.15) is 0 Å². The summed E-state index contributed by atoms with van der Waals surface area (Å²) in [6, 6.07) is 4.38. The van der Waals surface area contributed by atoms with Gasteiger partial charge in [-0.05, 0) is 17.7 Å². The Balaban J connectivity index is 1.49. The Bertz CT molecular complexity index is 1270. The molecule has 0 aromatic carbocycles. The summed E-state index contributed by atoms with van der Waals surface area (Å²) in [6.45, 7) is -0.795. The lowest BCUT2D eigenvalue weighted by Crippen LogP contribution is -2.71. The molecule has 1 fully saturated rings. The number of thiazole rings is 1. The Morgan fingerprint density at radius 1 is 1.33 bits per heavy atom. The molecule has 4 rings (SSSR count). The van der Waals surface area contributed by atoms with Gasteiger partial charge in [0.15, 0.2) is 10.8 Å². The van der Waals surface area contributed by atoms with Crippen LogP contribution in [0.4, 0.5) is 5.13 Å². The highest BCUT2D eigenvalue weighted by Gasteiger charge is 2.54. The fraction of sp³-hybridized carbons (Fsp3) is 0.250. The van der Waals surface area contributed by atoms with E-state index in [1.807, 2.05) is 6.07 Å². The first kappa shape index (κ1) is 25.5. The van der Waals surface area contributed by atoms with Gasteiger partial charge in [-0.25, -0.2) is 19.6 Å². The number of carboxylic acids is 2. The van der Waals surface area contributed by atoms with Gasteiger partial charge in [0, 0.05) is 23.1 Å². The molecule has 0 aliphatic carbocycles. The van der Waals surface area contributed by atoms with Gasteiger partial charge < -0.3 is 26.1 Å². The van der Waals surface area contributed by atoms with Crippen LogP contribution in [0.1, 0.15) is 5.69 Å². The van der Waals surface area contributed by atoms with Crippen molar-refractivity contribution in [2.24, 2.45) is 5.16 Å². The molecule has 0 saturated carbocycles. The number of rotatable bonds is 10. The average molecular weight is 551 g/mol. The van der Waals surface area contributed by atoms with Crippen molar-refractivity contribution in [3.8, 4) is 0 Å². The van der Waals surface area contributed by atoms with Gasteiger partial charge in [0.2, 0.25) is 6.61 Å². The third-order valence-electron chi connectivity index (χ3n) is 4.89. The Morgan fingerprint density at radius 2 is 2.14 bits per heavy atom. The van der Waals surface area contributed by atoms with Crippen molar-refractivity contribution in [2.75, 3.05) is 23.8 Å². The quantitative estimate of drug-likeness (QED) is 0.138. The average Bonchev–Trinajstić information content (AvgIpc) is 3.29. The van der Waals surface area contributed by atoms with Crippen molar-refractivity contribution in [1.29, 1.82) is 0 Å². The summed E-state index contributed by atoms with van der Waals surface area (Å²) in [4.78, 5) is 62.6. The molecule has 5 N–H and O–H groups in total. The highest BCUT2D eigenvalue weighted by Crippen LogP contribution is 2.41. The number of nitrogens with zero attached hydrogens (tertiary/aromatic N) is 4. The van der Waals surface area contributed by atoms with Crippen molar-refractivity contribution in [3.63, 3.8) is 0 Å². The Morgan fingerprint density at radius 3 is 2.78 bits per heavy atom. The number of oxime groups is 1. The molecule has 2 aromatic rings. The zero-order chi connectivity index (χ0) is 25.8. The molecule has 2 aromatic heterocycles. The van der Waals surface area contributed by atoms with Gasteiger partial charge in [-0.3, -0.25) is 14.5 Å². The van der Waals surface area contributed by atoms with Crippen molar-refractivity contribution in [3.05, 3.63) is 46.7 Å². The topological polar surface area (TPSA) is 197 Å². The zero-order valence-corrected chi connectivity index (χ0v) is 20.6. The lowest BCUT2D eigenvalue weighted by molar-refractivity contribution is -0.150. The van der Waals surface area contributed by atoms with E-state index in [1.165, 1.54) is 28.9 Å². The van der Waals surface area contributed by atoms with E-state index < -0.39 is 41.8 Å². The van der Waals surface area contributed by atoms with Gasteiger partial charge in [0.25, 0.3) is 11.8 Å². The number of thioether (sulfide) groups is 2. The Labute approximate surface area is 215 Å². The number of carboxylic acid groups (broad SMARTS) is 2. The van der Waals surface area contributed by atoms with Crippen LogP contribution in [0.2, 0.25) is 0 Å². The Kier molecular flexibility index (Phi) is 7.76. The summed E-state index contributed by atoms with van der Waals surface area (Å²) in [5.74, 6) is -3.30. The summed E-state index contributed by atoms with van der Waals surface area (Å²) in [5, 5.41) is 26.3. The third-order valence-corrected chi connectivity index (χ3v) is 7.94. The smallest absolute Gasteiger partial charge is 0.352 e. The maximum Gasteiger partial charge on any atom is 0.352 e. The minimum atomic E-state index is -1.30. The van der Waals surface area contributed by atoms with E-state index in [4.69, 9.17) is 15.7 Å². The number of pyridine rings is 1. The molecule has 2 aliphatic rings. The van der Waals surface area contributed by atoms with Crippen LogP contribution in [0.3, 0.4) is 0 Å². The van der Waals surface area contributed by atoms with Crippen molar-refractivity contribution in [1.82, 2.24) is 20.2 Å². The van der Waals surface area contributed by atoms with Gasteiger partial charge in [-0.1, -0.05) is 11.2 Å². The van der Waals surface area contributed by atoms with Crippen LogP contribution in [0, 0.1) is 0 Å². The number of anilines is 1. The number of nitrogens with one attached hydrogen (secondary N) is 1. The fourth-order valence-electron chi connectivity index (χ4n) is 3.35. The number of amides is 2. The molecule has 2 aliphatic heterocycles. The summed E-state index contributed by atoms with van der Waals surface area (Å²) in [5.41, 5.74) is 5.76. The molecule has 16 heteroatoms. The molecule has 1 saturated heterocycles. The minimum Gasteiger partial charge on any atom is -0.479 e. The van der Waals surface area contributed by atoms with Crippen molar-refractivity contribution >= 4 is 69.5 Å².